The zero-order chi connectivity index (χ0) is 18.4. The molecule has 26 heavy (non-hydrogen) atoms. The Kier molecular flexibility index (Phi) is 5.49. The number of carbonyl (C=O) groups excluding carboxylic acids is 2. The van der Waals surface area contributed by atoms with E-state index in [-0.39, 0.29) is 23.7 Å². The maximum absolute atomic E-state index is 13.2. The molecule has 0 fully saturated rings. The Labute approximate surface area is 150 Å². The molecule has 2 aromatic carbocycles. The zero-order valence-electron chi connectivity index (χ0n) is 14.0. The highest BCUT2D eigenvalue weighted by Crippen LogP contribution is 2.10. The van der Waals surface area contributed by atoms with E-state index in [2.05, 4.69) is 10.3 Å². The molecule has 5 heteroatoms. The van der Waals surface area contributed by atoms with Gasteiger partial charge < -0.3 is 5.32 Å². The fourth-order valence-corrected chi connectivity index (χ4v) is 2.52. The second-order valence-electron chi connectivity index (χ2n) is 5.81. The Morgan fingerprint density at radius 1 is 0.923 bits per heavy atom. The van der Waals surface area contributed by atoms with Crippen LogP contribution in [-0.2, 0) is 13.0 Å². The number of nitrogens with zero attached hydrogens (tertiary/aromatic N) is 1. The average molecular weight is 348 g/mol. The molecule has 0 bridgehead atoms. The van der Waals surface area contributed by atoms with Gasteiger partial charge in [0.15, 0.2) is 5.78 Å². The van der Waals surface area contributed by atoms with Crippen molar-refractivity contribution in [1.82, 2.24) is 10.3 Å². The van der Waals surface area contributed by atoms with Crippen LogP contribution in [0.2, 0.25) is 0 Å². The van der Waals surface area contributed by atoms with Crippen molar-refractivity contribution in [3.63, 3.8) is 0 Å². The van der Waals surface area contributed by atoms with E-state index in [0.717, 1.165) is 5.56 Å². The van der Waals surface area contributed by atoms with E-state index < -0.39 is 5.82 Å². The summed E-state index contributed by atoms with van der Waals surface area (Å²) in [5.41, 5.74) is 2.17. The summed E-state index contributed by atoms with van der Waals surface area (Å²) >= 11 is 0. The molecule has 0 unspecified atom stereocenters. The van der Waals surface area contributed by atoms with Crippen molar-refractivity contribution in [2.75, 3.05) is 0 Å². The summed E-state index contributed by atoms with van der Waals surface area (Å²) in [6.07, 6.45) is 1.49. The van der Waals surface area contributed by atoms with Crippen LogP contribution in [0.4, 0.5) is 4.39 Å². The number of ketones is 1. The zero-order valence-corrected chi connectivity index (χ0v) is 14.0. The first-order valence-electron chi connectivity index (χ1n) is 8.17. The third-order valence-corrected chi connectivity index (χ3v) is 3.86. The van der Waals surface area contributed by atoms with E-state index >= 15 is 0 Å². The van der Waals surface area contributed by atoms with Crippen LogP contribution in [-0.4, -0.2) is 16.7 Å². The Hall–Kier alpha value is -3.34. The van der Waals surface area contributed by atoms with E-state index in [1.54, 1.807) is 18.2 Å². The minimum atomic E-state index is -0.460. The van der Waals surface area contributed by atoms with Crippen molar-refractivity contribution >= 4 is 11.7 Å². The van der Waals surface area contributed by atoms with Crippen LogP contribution in [0.3, 0.4) is 0 Å². The Balaban J connectivity index is 1.65. The van der Waals surface area contributed by atoms with Gasteiger partial charge in [-0.3, -0.25) is 14.6 Å². The molecule has 3 rings (SSSR count). The maximum Gasteiger partial charge on any atom is 0.251 e. The summed E-state index contributed by atoms with van der Waals surface area (Å²) in [5.74, 6) is -0.951. The molecule has 0 aliphatic heterocycles. The Morgan fingerprint density at radius 3 is 2.50 bits per heavy atom. The van der Waals surface area contributed by atoms with Crippen LogP contribution in [0, 0.1) is 5.82 Å². The van der Waals surface area contributed by atoms with E-state index in [4.69, 9.17) is 0 Å². The van der Waals surface area contributed by atoms with Crippen molar-refractivity contribution < 1.29 is 14.0 Å². The molecule has 130 valence electrons. The summed E-state index contributed by atoms with van der Waals surface area (Å²) in [7, 11) is 0. The average Bonchev–Trinajstić information content (AvgIpc) is 2.67. The predicted molar refractivity (Wildman–Crippen MR) is 96.3 cm³/mol. The quantitative estimate of drug-likeness (QED) is 0.693. The van der Waals surface area contributed by atoms with Crippen molar-refractivity contribution in [2.24, 2.45) is 0 Å². The lowest BCUT2D eigenvalue weighted by Crippen LogP contribution is -2.23. The third-order valence-electron chi connectivity index (χ3n) is 3.86. The number of carbonyl (C=O) groups is 2. The van der Waals surface area contributed by atoms with Gasteiger partial charge in [-0.1, -0.05) is 42.5 Å². The lowest BCUT2D eigenvalue weighted by Gasteiger charge is -2.07. The molecule has 4 nitrogen and oxygen atoms in total. The van der Waals surface area contributed by atoms with Crippen LogP contribution < -0.4 is 5.32 Å². The molecule has 0 aliphatic carbocycles. The van der Waals surface area contributed by atoms with Gasteiger partial charge in [0.25, 0.3) is 5.91 Å². The predicted octanol–water partition coefficient (Wildman–Crippen LogP) is 3.58. The number of nitrogens with one attached hydrogen (secondary N) is 1. The highest BCUT2D eigenvalue weighted by atomic mass is 19.1. The highest BCUT2D eigenvalue weighted by Gasteiger charge is 2.11. The molecule has 0 spiro atoms. The van der Waals surface area contributed by atoms with Gasteiger partial charge in [-0.05, 0) is 29.8 Å². The van der Waals surface area contributed by atoms with Gasteiger partial charge in [0.1, 0.15) is 5.82 Å². The first-order valence-corrected chi connectivity index (χ1v) is 8.17. The third kappa shape index (κ3) is 4.60. The van der Waals surface area contributed by atoms with Crippen LogP contribution in [0.1, 0.15) is 32.0 Å². The monoisotopic (exact) mass is 348 g/mol. The number of amides is 1. The number of Topliss-reactive ketones (excluding diaryl/α,β-unsaturated/α-hetero) is 1. The summed E-state index contributed by atoms with van der Waals surface area (Å²) < 4.78 is 13.2. The number of rotatable bonds is 6. The minimum Gasteiger partial charge on any atom is -0.348 e. The number of hydrogen-bond donors (Lipinski definition) is 1. The minimum absolute atomic E-state index is 0.00323. The van der Waals surface area contributed by atoms with Crippen molar-refractivity contribution in [3.05, 3.63) is 101 Å². The SMILES string of the molecule is O=C(Cc1cc(C(=O)NCc2ccccc2)ccn1)c1cccc(F)c1. The molecule has 1 aromatic heterocycles. The summed E-state index contributed by atoms with van der Waals surface area (Å²) in [4.78, 5) is 28.7. The van der Waals surface area contributed by atoms with Crippen LogP contribution in [0.15, 0.2) is 72.9 Å². The topological polar surface area (TPSA) is 59.1 Å². The molecule has 0 saturated heterocycles. The lowest BCUT2D eigenvalue weighted by molar-refractivity contribution is 0.0947. The van der Waals surface area contributed by atoms with Crippen molar-refractivity contribution in [1.29, 1.82) is 0 Å². The molecule has 3 aromatic rings. The fourth-order valence-electron chi connectivity index (χ4n) is 2.52. The number of aromatic nitrogens is 1. The maximum atomic E-state index is 13.2. The first-order chi connectivity index (χ1) is 12.6. The van der Waals surface area contributed by atoms with E-state index in [0.29, 0.717) is 17.8 Å². The fraction of sp³-hybridized carbons (Fsp3) is 0.0952. The van der Waals surface area contributed by atoms with E-state index in [9.17, 15) is 14.0 Å². The van der Waals surface area contributed by atoms with Crippen molar-refractivity contribution in [3.8, 4) is 0 Å². The van der Waals surface area contributed by atoms with E-state index in [1.807, 2.05) is 30.3 Å². The number of hydrogen-bond acceptors (Lipinski definition) is 3. The van der Waals surface area contributed by atoms with Crippen LogP contribution in [0.5, 0.6) is 0 Å². The molecule has 1 heterocycles. The molecular weight excluding hydrogens is 331 g/mol. The lowest BCUT2D eigenvalue weighted by atomic mass is 10.0. The van der Waals surface area contributed by atoms with Gasteiger partial charge in [0.05, 0.1) is 6.42 Å². The first kappa shape index (κ1) is 17.5. The summed E-state index contributed by atoms with van der Waals surface area (Å²) in [5, 5.41) is 2.83. The number of benzene rings is 2. The van der Waals surface area contributed by atoms with Crippen LogP contribution >= 0.6 is 0 Å². The number of halogens is 1. The molecule has 0 atom stereocenters. The van der Waals surface area contributed by atoms with E-state index in [1.165, 1.54) is 24.4 Å². The van der Waals surface area contributed by atoms with Crippen LogP contribution in [0.25, 0.3) is 0 Å². The van der Waals surface area contributed by atoms with Gasteiger partial charge in [-0.15, -0.1) is 0 Å². The number of pyridine rings is 1. The second kappa shape index (κ2) is 8.16. The van der Waals surface area contributed by atoms with Gasteiger partial charge in [-0.2, -0.15) is 0 Å². The largest absolute Gasteiger partial charge is 0.348 e. The Bertz CT molecular complexity index is 926. The highest BCUT2D eigenvalue weighted by molar-refractivity contribution is 5.98. The van der Waals surface area contributed by atoms with Gasteiger partial charge in [0, 0.05) is 29.6 Å². The smallest absolute Gasteiger partial charge is 0.251 e. The molecule has 0 saturated carbocycles. The summed E-state index contributed by atoms with van der Waals surface area (Å²) in [6, 6.07) is 18.3. The second-order valence-corrected chi connectivity index (χ2v) is 5.81. The standard InChI is InChI=1S/C21H17FN2O2/c22-18-8-4-7-16(11-18)20(25)13-19-12-17(9-10-23-19)21(26)24-14-15-5-2-1-3-6-15/h1-12H,13-14H2,(H,24,26). The summed E-state index contributed by atoms with van der Waals surface area (Å²) in [6.45, 7) is 0.416. The van der Waals surface area contributed by atoms with Crippen molar-refractivity contribution in [2.45, 2.75) is 13.0 Å². The normalized spacial score (nSPS) is 10.3. The molecule has 0 aliphatic rings. The molecular formula is C21H17FN2O2. The molecule has 0 radical (unpaired) electrons. The van der Waals surface area contributed by atoms with Gasteiger partial charge in [0.2, 0.25) is 0 Å². The van der Waals surface area contributed by atoms with Gasteiger partial charge >= 0.3 is 0 Å². The van der Waals surface area contributed by atoms with Gasteiger partial charge in [-0.25, -0.2) is 4.39 Å². The molecule has 1 amide bonds. The molecule has 1 N–H and O–H groups in total. The Morgan fingerprint density at radius 2 is 1.73 bits per heavy atom.